The van der Waals surface area contributed by atoms with E-state index in [9.17, 15) is 19.5 Å². The highest BCUT2D eigenvalue weighted by atomic mass is 16.7. The molecule has 0 spiro atoms. The van der Waals surface area contributed by atoms with Crippen molar-refractivity contribution in [3.63, 3.8) is 0 Å². The Morgan fingerprint density at radius 1 is 1.30 bits per heavy atom. The van der Waals surface area contributed by atoms with Crippen LogP contribution in [0.2, 0.25) is 0 Å². The summed E-state index contributed by atoms with van der Waals surface area (Å²) in [5, 5.41) is 11.4. The second kappa shape index (κ2) is 4.92. The van der Waals surface area contributed by atoms with Crippen molar-refractivity contribution in [2.45, 2.75) is 12.0 Å². The van der Waals surface area contributed by atoms with E-state index < -0.39 is 29.9 Å². The van der Waals surface area contributed by atoms with Crippen molar-refractivity contribution in [3.05, 3.63) is 36.0 Å². The summed E-state index contributed by atoms with van der Waals surface area (Å²) in [7, 11) is 0. The summed E-state index contributed by atoms with van der Waals surface area (Å²) in [5.74, 6) is -2.01. The van der Waals surface area contributed by atoms with Crippen molar-refractivity contribution in [3.8, 4) is 0 Å². The summed E-state index contributed by atoms with van der Waals surface area (Å²) in [6, 6.07) is 7.94. The number of nitrogens with two attached hydrogens (primary N) is 2. The number of fused-ring (bicyclic) bond motifs is 1. The molecule has 3 amide bonds. The minimum absolute atomic E-state index is 0.0382. The molecule has 0 radical (unpaired) electrons. The number of imide groups is 1. The van der Waals surface area contributed by atoms with Gasteiger partial charge in [-0.25, -0.2) is 9.78 Å². The number of aliphatic hydroxyl groups is 1. The van der Waals surface area contributed by atoms with E-state index in [-0.39, 0.29) is 10.8 Å². The molecule has 2 aromatic rings. The molecule has 1 atom stereocenters. The van der Waals surface area contributed by atoms with Gasteiger partial charge in [-0.2, -0.15) is 0 Å². The Balaban J connectivity index is 2.03. The minimum Gasteiger partial charge on any atom is -0.399 e. The molecule has 9 heteroatoms. The van der Waals surface area contributed by atoms with Crippen molar-refractivity contribution in [1.29, 1.82) is 0 Å². The van der Waals surface area contributed by atoms with Gasteiger partial charge in [0.05, 0.1) is 17.6 Å². The first-order valence-electron chi connectivity index (χ1n) is 6.55. The maximum atomic E-state index is 12.2. The van der Waals surface area contributed by atoms with Gasteiger partial charge in [0, 0.05) is 11.1 Å². The van der Waals surface area contributed by atoms with E-state index in [1.165, 1.54) is 6.07 Å². The maximum Gasteiger partial charge on any atom is 0.429 e. The van der Waals surface area contributed by atoms with Crippen LogP contribution < -0.4 is 11.5 Å². The van der Waals surface area contributed by atoms with Crippen LogP contribution in [-0.2, 0) is 20.0 Å². The average Bonchev–Trinajstić information content (AvgIpc) is 2.71. The van der Waals surface area contributed by atoms with Crippen LogP contribution in [0.4, 0.5) is 10.5 Å². The molecule has 1 unspecified atom stereocenters. The molecule has 9 nitrogen and oxygen atoms in total. The summed E-state index contributed by atoms with van der Waals surface area (Å²) >= 11 is 0. The number of rotatable bonds is 2. The highest BCUT2D eigenvalue weighted by molar-refractivity contribution is 6.07. The van der Waals surface area contributed by atoms with E-state index in [1.54, 1.807) is 24.3 Å². The van der Waals surface area contributed by atoms with Crippen LogP contribution in [0.25, 0.3) is 10.9 Å². The first-order valence-corrected chi connectivity index (χ1v) is 6.55. The van der Waals surface area contributed by atoms with Crippen molar-refractivity contribution >= 4 is 34.5 Å². The monoisotopic (exact) mass is 316 g/mol. The predicted molar refractivity (Wildman–Crippen MR) is 77.2 cm³/mol. The van der Waals surface area contributed by atoms with E-state index in [0.717, 1.165) is 0 Å². The average molecular weight is 316 g/mol. The van der Waals surface area contributed by atoms with E-state index in [0.29, 0.717) is 16.6 Å². The molecule has 1 aromatic heterocycles. The van der Waals surface area contributed by atoms with Crippen LogP contribution in [0.15, 0.2) is 30.3 Å². The Morgan fingerprint density at radius 2 is 2.04 bits per heavy atom. The lowest BCUT2D eigenvalue weighted by Crippen LogP contribution is -2.41. The summed E-state index contributed by atoms with van der Waals surface area (Å²) in [4.78, 5) is 43.3. The van der Waals surface area contributed by atoms with Crippen LogP contribution in [0.3, 0.4) is 0 Å². The number of primary amides is 1. The van der Waals surface area contributed by atoms with Gasteiger partial charge in [-0.15, -0.1) is 0 Å². The van der Waals surface area contributed by atoms with Crippen LogP contribution >= 0.6 is 0 Å². The van der Waals surface area contributed by atoms with E-state index in [4.69, 9.17) is 11.5 Å². The number of nitrogen functional groups attached to an aromatic ring is 1. The molecule has 3 rings (SSSR count). The third-order valence-corrected chi connectivity index (χ3v) is 3.49. The standard InChI is InChI=1S/C14H12N4O5/c15-8-2-3-9-7(5-8)1-4-10(17-9)14(22)6-11(19)18(12(14)20)23-13(16)21/h1-5,22H,6,15H2,(H2,16,21). The highest BCUT2D eigenvalue weighted by Gasteiger charge is 2.55. The number of hydrogen-bond donors (Lipinski definition) is 3. The number of hydrogen-bond acceptors (Lipinski definition) is 7. The molecular weight excluding hydrogens is 304 g/mol. The zero-order valence-corrected chi connectivity index (χ0v) is 11.7. The van der Waals surface area contributed by atoms with Gasteiger partial charge in [-0.3, -0.25) is 9.59 Å². The molecule has 118 valence electrons. The molecule has 0 saturated carbocycles. The van der Waals surface area contributed by atoms with Crippen LogP contribution in [0, 0.1) is 0 Å². The Labute approximate surface area is 129 Å². The predicted octanol–water partition coefficient (Wildman–Crippen LogP) is -0.226. The van der Waals surface area contributed by atoms with Crippen LogP contribution in [0.5, 0.6) is 0 Å². The fourth-order valence-corrected chi connectivity index (χ4v) is 2.40. The summed E-state index contributed by atoms with van der Waals surface area (Å²) in [6.45, 7) is 0. The van der Waals surface area contributed by atoms with Crippen LogP contribution in [-0.4, -0.2) is 33.1 Å². The van der Waals surface area contributed by atoms with Gasteiger partial charge in [-0.05, 0) is 24.3 Å². The van der Waals surface area contributed by atoms with E-state index in [2.05, 4.69) is 9.82 Å². The molecule has 1 saturated heterocycles. The van der Waals surface area contributed by atoms with Crippen molar-refractivity contribution < 1.29 is 24.3 Å². The number of amides is 3. The lowest BCUT2D eigenvalue weighted by atomic mass is 9.96. The number of anilines is 1. The number of pyridine rings is 1. The molecule has 0 aliphatic carbocycles. The molecule has 1 aliphatic rings. The first kappa shape index (κ1) is 14.7. The van der Waals surface area contributed by atoms with Gasteiger partial charge < -0.3 is 21.4 Å². The summed E-state index contributed by atoms with van der Waals surface area (Å²) in [5.41, 5.74) is 9.24. The van der Waals surface area contributed by atoms with Crippen molar-refractivity contribution in [1.82, 2.24) is 10.0 Å². The lowest BCUT2D eigenvalue weighted by molar-refractivity contribution is -0.177. The molecule has 1 aliphatic heterocycles. The largest absolute Gasteiger partial charge is 0.429 e. The SMILES string of the molecule is NC(=O)ON1C(=O)CC(O)(c2ccc3cc(N)ccc3n2)C1=O. The molecule has 2 heterocycles. The summed E-state index contributed by atoms with van der Waals surface area (Å²) in [6.07, 6.45) is -1.94. The van der Waals surface area contributed by atoms with Gasteiger partial charge in [0.15, 0.2) is 5.60 Å². The Bertz CT molecular complexity index is 852. The molecule has 0 bridgehead atoms. The quantitative estimate of drug-likeness (QED) is 0.512. The topological polar surface area (TPSA) is 149 Å². The van der Waals surface area contributed by atoms with Gasteiger partial charge in [0.2, 0.25) is 0 Å². The second-order valence-corrected chi connectivity index (χ2v) is 5.09. The van der Waals surface area contributed by atoms with E-state index in [1.807, 2.05) is 0 Å². The molecule has 1 aromatic carbocycles. The Morgan fingerprint density at radius 3 is 2.74 bits per heavy atom. The Kier molecular flexibility index (Phi) is 3.15. The first-order chi connectivity index (χ1) is 10.8. The Hall–Kier alpha value is -3.20. The fraction of sp³-hybridized carbons (Fsp3) is 0.143. The van der Waals surface area contributed by atoms with Crippen molar-refractivity contribution in [2.24, 2.45) is 5.73 Å². The normalized spacial score (nSPS) is 21.0. The van der Waals surface area contributed by atoms with E-state index >= 15 is 0 Å². The number of carbonyl (C=O) groups is 3. The summed E-state index contributed by atoms with van der Waals surface area (Å²) < 4.78 is 0. The molecule has 5 N–H and O–H groups in total. The number of nitrogens with zero attached hydrogens (tertiary/aromatic N) is 2. The smallest absolute Gasteiger partial charge is 0.399 e. The van der Waals surface area contributed by atoms with Gasteiger partial charge in [0.25, 0.3) is 5.91 Å². The fourth-order valence-electron chi connectivity index (χ4n) is 2.40. The molecule has 23 heavy (non-hydrogen) atoms. The highest BCUT2D eigenvalue weighted by Crippen LogP contribution is 2.34. The second-order valence-electron chi connectivity index (χ2n) is 5.09. The minimum atomic E-state index is -2.22. The number of aromatic nitrogens is 1. The van der Waals surface area contributed by atoms with Gasteiger partial charge in [-0.1, -0.05) is 11.1 Å². The molecular formula is C14H12N4O5. The molecule has 1 fully saturated rings. The van der Waals surface area contributed by atoms with Gasteiger partial charge >= 0.3 is 12.0 Å². The van der Waals surface area contributed by atoms with Crippen LogP contribution in [0.1, 0.15) is 12.1 Å². The number of hydroxylamine groups is 2. The zero-order chi connectivity index (χ0) is 16.8. The number of carbonyl (C=O) groups excluding carboxylic acids is 3. The third kappa shape index (κ3) is 2.32. The maximum absolute atomic E-state index is 12.2. The van der Waals surface area contributed by atoms with Gasteiger partial charge in [0.1, 0.15) is 0 Å². The number of benzene rings is 1. The van der Waals surface area contributed by atoms with Crippen molar-refractivity contribution in [2.75, 3.05) is 5.73 Å². The third-order valence-electron chi connectivity index (χ3n) is 3.49. The zero-order valence-electron chi connectivity index (χ0n) is 11.7. The lowest BCUT2D eigenvalue weighted by Gasteiger charge is -2.19.